The molecule has 0 saturated carbocycles. The van der Waals surface area contributed by atoms with Crippen molar-refractivity contribution in [2.75, 3.05) is 34.2 Å². The van der Waals surface area contributed by atoms with Crippen molar-refractivity contribution in [3.05, 3.63) is 0 Å². The molecule has 1 saturated heterocycles. The molecule has 1 unspecified atom stereocenters. The van der Waals surface area contributed by atoms with E-state index in [9.17, 15) is 4.79 Å². The van der Waals surface area contributed by atoms with Crippen LogP contribution in [0.2, 0.25) is 0 Å². The summed E-state index contributed by atoms with van der Waals surface area (Å²) in [5.74, 6) is -0.386. The molecule has 82 valence electrons. The van der Waals surface area contributed by atoms with Gasteiger partial charge in [-0.05, 0) is 53.0 Å². The van der Waals surface area contributed by atoms with Gasteiger partial charge in [-0.1, -0.05) is 0 Å². The van der Waals surface area contributed by atoms with Crippen molar-refractivity contribution in [3.63, 3.8) is 0 Å². The van der Waals surface area contributed by atoms with Crippen LogP contribution in [0, 0.1) is 5.92 Å². The molecule has 0 aliphatic carbocycles. The Morgan fingerprint density at radius 2 is 1.93 bits per heavy atom. The van der Waals surface area contributed by atoms with E-state index < -0.39 is 5.97 Å². The normalized spacial score (nSPS) is 22.6. The van der Waals surface area contributed by atoms with E-state index >= 15 is 0 Å². The number of hydrogen-bond acceptors (Lipinski definition) is 3. The molecule has 1 heterocycles. The Hall–Kier alpha value is -0.610. The van der Waals surface area contributed by atoms with Gasteiger partial charge in [-0.15, -0.1) is 0 Å². The van der Waals surface area contributed by atoms with Gasteiger partial charge in [0.1, 0.15) is 6.04 Å². The van der Waals surface area contributed by atoms with Gasteiger partial charge >= 0.3 is 5.97 Å². The molecular formula is C10H20N2O2. The van der Waals surface area contributed by atoms with Gasteiger partial charge in [-0.3, -0.25) is 9.69 Å². The fourth-order valence-corrected chi connectivity index (χ4v) is 2.19. The van der Waals surface area contributed by atoms with Gasteiger partial charge in [0.25, 0.3) is 0 Å². The van der Waals surface area contributed by atoms with Gasteiger partial charge in [-0.2, -0.15) is 0 Å². The number of aliphatic carboxylic acids is 1. The quantitative estimate of drug-likeness (QED) is 0.713. The zero-order valence-electron chi connectivity index (χ0n) is 9.23. The second-order valence-electron chi connectivity index (χ2n) is 4.39. The molecule has 1 aliphatic heterocycles. The van der Waals surface area contributed by atoms with Crippen LogP contribution >= 0.6 is 0 Å². The Kier molecular flexibility index (Phi) is 3.89. The molecule has 1 rings (SSSR count). The molecule has 1 fully saturated rings. The summed E-state index contributed by atoms with van der Waals surface area (Å²) in [6.45, 7) is 2.03. The third-order valence-corrected chi connectivity index (χ3v) is 3.02. The Bertz CT molecular complexity index is 198. The molecule has 0 radical (unpaired) electrons. The predicted octanol–water partition coefficient (Wildman–Crippen LogP) is 0.343. The highest BCUT2D eigenvalue weighted by molar-refractivity contribution is 5.73. The van der Waals surface area contributed by atoms with E-state index in [0.717, 1.165) is 25.9 Å². The largest absolute Gasteiger partial charge is 0.480 e. The van der Waals surface area contributed by atoms with E-state index in [2.05, 4.69) is 11.9 Å². The summed E-state index contributed by atoms with van der Waals surface area (Å²) < 4.78 is 0. The van der Waals surface area contributed by atoms with Crippen molar-refractivity contribution in [3.8, 4) is 0 Å². The smallest absolute Gasteiger partial charge is 0.321 e. The van der Waals surface area contributed by atoms with Crippen molar-refractivity contribution >= 4 is 5.97 Å². The van der Waals surface area contributed by atoms with Crippen molar-refractivity contribution in [1.29, 1.82) is 0 Å². The highest BCUT2D eigenvalue weighted by Gasteiger charge is 2.31. The molecule has 4 nitrogen and oxygen atoms in total. The topological polar surface area (TPSA) is 43.8 Å². The number of nitrogens with zero attached hydrogens (tertiary/aromatic N) is 2. The molecule has 14 heavy (non-hydrogen) atoms. The summed E-state index contributed by atoms with van der Waals surface area (Å²) in [6, 6.07) is -0.316. The number of piperidine rings is 1. The van der Waals surface area contributed by atoms with E-state index in [1.165, 1.54) is 0 Å². The number of carboxylic acid groups (broad SMARTS) is 1. The number of carbonyl (C=O) groups is 1. The van der Waals surface area contributed by atoms with Crippen molar-refractivity contribution in [1.82, 2.24) is 9.80 Å². The first-order valence-corrected chi connectivity index (χ1v) is 5.10. The van der Waals surface area contributed by atoms with Crippen LogP contribution in [0.3, 0.4) is 0 Å². The molecule has 4 heteroatoms. The van der Waals surface area contributed by atoms with Crippen LogP contribution < -0.4 is 0 Å². The van der Waals surface area contributed by atoms with Crippen LogP contribution in [0.25, 0.3) is 0 Å². The standard InChI is InChI=1S/C10H20N2O2/c1-11(2)9(10(13)14)8-4-6-12(3)7-5-8/h8-9H,4-7H2,1-3H3,(H,13,14). The summed E-state index contributed by atoms with van der Waals surface area (Å²) in [5, 5.41) is 9.11. The zero-order valence-corrected chi connectivity index (χ0v) is 9.23. The highest BCUT2D eigenvalue weighted by atomic mass is 16.4. The lowest BCUT2D eigenvalue weighted by molar-refractivity contribution is -0.145. The Morgan fingerprint density at radius 1 is 1.43 bits per heavy atom. The zero-order chi connectivity index (χ0) is 10.7. The van der Waals surface area contributed by atoms with Crippen LogP contribution in [0.5, 0.6) is 0 Å². The minimum absolute atomic E-state index is 0.304. The van der Waals surface area contributed by atoms with E-state index in [1.54, 1.807) is 0 Å². The summed E-state index contributed by atoms with van der Waals surface area (Å²) >= 11 is 0. The first kappa shape index (κ1) is 11.5. The SMILES string of the molecule is CN1CCC(C(C(=O)O)N(C)C)CC1. The number of likely N-dealkylation sites (N-methyl/N-ethyl adjacent to an activating group) is 1. The van der Waals surface area contributed by atoms with Crippen molar-refractivity contribution < 1.29 is 9.90 Å². The highest BCUT2D eigenvalue weighted by Crippen LogP contribution is 2.22. The van der Waals surface area contributed by atoms with E-state index in [0.29, 0.717) is 5.92 Å². The molecule has 0 spiro atoms. The maximum Gasteiger partial charge on any atom is 0.321 e. The minimum atomic E-state index is -0.690. The van der Waals surface area contributed by atoms with Gasteiger partial charge in [0.2, 0.25) is 0 Å². The van der Waals surface area contributed by atoms with Crippen LogP contribution in [0.15, 0.2) is 0 Å². The average molecular weight is 200 g/mol. The summed E-state index contributed by atoms with van der Waals surface area (Å²) in [7, 11) is 5.77. The lowest BCUT2D eigenvalue weighted by Gasteiger charge is -2.35. The molecule has 1 aliphatic rings. The average Bonchev–Trinajstić information content (AvgIpc) is 2.07. The number of hydrogen-bond donors (Lipinski definition) is 1. The fourth-order valence-electron chi connectivity index (χ4n) is 2.19. The monoisotopic (exact) mass is 200 g/mol. The van der Waals surface area contributed by atoms with Crippen LogP contribution in [-0.4, -0.2) is 61.2 Å². The van der Waals surface area contributed by atoms with E-state index in [4.69, 9.17) is 5.11 Å². The van der Waals surface area contributed by atoms with Gasteiger partial charge < -0.3 is 10.0 Å². The summed E-state index contributed by atoms with van der Waals surface area (Å²) in [5.41, 5.74) is 0. The minimum Gasteiger partial charge on any atom is -0.480 e. The molecule has 0 amide bonds. The molecule has 0 aromatic heterocycles. The molecule has 1 atom stereocenters. The first-order valence-electron chi connectivity index (χ1n) is 5.10. The van der Waals surface area contributed by atoms with E-state index in [-0.39, 0.29) is 6.04 Å². The molecule has 0 aromatic rings. The Balaban J connectivity index is 2.56. The van der Waals surface area contributed by atoms with Gasteiger partial charge in [0, 0.05) is 0 Å². The molecule has 1 N–H and O–H groups in total. The second kappa shape index (κ2) is 4.75. The fraction of sp³-hybridized carbons (Fsp3) is 0.900. The van der Waals surface area contributed by atoms with Gasteiger partial charge in [0.15, 0.2) is 0 Å². The van der Waals surface area contributed by atoms with Crippen LogP contribution in [0.4, 0.5) is 0 Å². The second-order valence-corrected chi connectivity index (χ2v) is 4.39. The molecule has 0 aromatic carbocycles. The van der Waals surface area contributed by atoms with Crippen molar-refractivity contribution in [2.24, 2.45) is 5.92 Å². The number of likely N-dealkylation sites (tertiary alicyclic amines) is 1. The van der Waals surface area contributed by atoms with Gasteiger partial charge in [0.05, 0.1) is 0 Å². The lowest BCUT2D eigenvalue weighted by Crippen LogP contribution is -2.46. The van der Waals surface area contributed by atoms with E-state index in [1.807, 2.05) is 19.0 Å². The third-order valence-electron chi connectivity index (χ3n) is 3.02. The maximum absolute atomic E-state index is 11.1. The molecule has 0 bridgehead atoms. The predicted molar refractivity (Wildman–Crippen MR) is 55.3 cm³/mol. The van der Waals surface area contributed by atoms with Gasteiger partial charge in [-0.25, -0.2) is 0 Å². The third kappa shape index (κ3) is 2.69. The van der Waals surface area contributed by atoms with Crippen LogP contribution in [0.1, 0.15) is 12.8 Å². The number of carboxylic acids is 1. The summed E-state index contributed by atoms with van der Waals surface area (Å²) in [6.07, 6.45) is 1.98. The van der Waals surface area contributed by atoms with Crippen LogP contribution in [-0.2, 0) is 4.79 Å². The van der Waals surface area contributed by atoms with Crippen molar-refractivity contribution in [2.45, 2.75) is 18.9 Å². The maximum atomic E-state index is 11.1. The molecular weight excluding hydrogens is 180 g/mol. The summed E-state index contributed by atoms with van der Waals surface area (Å²) in [4.78, 5) is 15.1. The first-order chi connectivity index (χ1) is 6.52. The number of rotatable bonds is 3. The Morgan fingerprint density at radius 3 is 2.29 bits per heavy atom. The Labute approximate surface area is 85.5 Å². The lowest BCUT2D eigenvalue weighted by atomic mass is 9.89.